The second kappa shape index (κ2) is 8.02. The normalized spacial score (nSPS) is 12.4. The quantitative estimate of drug-likeness (QED) is 0.746. The summed E-state index contributed by atoms with van der Waals surface area (Å²) in [6.45, 7) is -0.736. The Balaban J connectivity index is 2.20. The van der Waals surface area contributed by atoms with Crippen LogP contribution in [-0.2, 0) is 22.3 Å². The van der Waals surface area contributed by atoms with Crippen LogP contribution < -0.4 is 10.9 Å². The van der Waals surface area contributed by atoms with Gasteiger partial charge in [0.1, 0.15) is 12.4 Å². The van der Waals surface area contributed by atoms with Gasteiger partial charge in [-0.15, -0.1) is 0 Å². The summed E-state index contributed by atoms with van der Waals surface area (Å²) < 4.78 is 51.8. The molecule has 27 heavy (non-hydrogen) atoms. The average molecular weight is 386 g/mol. The fourth-order valence-electron chi connectivity index (χ4n) is 2.34. The van der Waals surface area contributed by atoms with E-state index < -0.39 is 54.0 Å². The predicted octanol–water partition coefficient (Wildman–Crippen LogP) is 2.34. The maximum absolute atomic E-state index is 13.0. The monoisotopic (exact) mass is 386 g/mol. The second-order valence-electron chi connectivity index (χ2n) is 5.65. The van der Waals surface area contributed by atoms with Crippen molar-refractivity contribution in [2.75, 3.05) is 0 Å². The van der Waals surface area contributed by atoms with Crippen LogP contribution in [0.3, 0.4) is 0 Å². The highest BCUT2D eigenvalue weighted by Crippen LogP contribution is 2.28. The number of nitrogens with zero attached hydrogens (tertiary/aromatic N) is 1. The predicted molar refractivity (Wildman–Crippen MR) is 85.2 cm³/mol. The van der Waals surface area contributed by atoms with Crippen molar-refractivity contribution in [1.29, 1.82) is 0 Å². The summed E-state index contributed by atoms with van der Waals surface area (Å²) in [7, 11) is 0. The molecule has 0 bridgehead atoms. The van der Waals surface area contributed by atoms with Gasteiger partial charge >= 0.3 is 12.1 Å². The molecular formula is C17H14F4N2O4. The fraction of sp³-hybridized carbons (Fsp3) is 0.235. The third-order valence-corrected chi connectivity index (χ3v) is 3.61. The number of nitrogens with one attached hydrogen (secondary N) is 1. The molecule has 1 atom stereocenters. The molecule has 0 spiro atoms. The summed E-state index contributed by atoms with van der Waals surface area (Å²) >= 11 is 0. The molecule has 1 aromatic heterocycles. The standard InChI is InChI=1S/C17H14F4N2O4/c18-12-4-1-10(2-5-12)13(7-16(26)27)22-14(24)9-23-8-11(17(19,20)21)3-6-15(23)25/h1-6,8,13H,7,9H2,(H,22,24)(H,26,27)/t13-/m1/s1. The van der Waals surface area contributed by atoms with E-state index in [9.17, 15) is 31.9 Å². The number of halogens is 4. The summed E-state index contributed by atoms with van der Waals surface area (Å²) in [6.07, 6.45) is -4.72. The number of alkyl halides is 3. The van der Waals surface area contributed by atoms with Crippen LogP contribution in [0.4, 0.5) is 17.6 Å². The van der Waals surface area contributed by atoms with E-state index in [0.717, 1.165) is 12.1 Å². The molecule has 1 heterocycles. The van der Waals surface area contributed by atoms with E-state index >= 15 is 0 Å². The van der Waals surface area contributed by atoms with Gasteiger partial charge in [-0.25, -0.2) is 4.39 Å². The molecule has 2 rings (SSSR count). The first-order valence-corrected chi connectivity index (χ1v) is 7.60. The van der Waals surface area contributed by atoms with Crippen LogP contribution in [0.1, 0.15) is 23.6 Å². The van der Waals surface area contributed by atoms with Crippen molar-refractivity contribution in [2.24, 2.45) is 0 Å². The lowest BCUT2D eigenvalue weighted by Crippen LogP contribution is -2.35. The number of carbonyl (C=O) groups is 2. The molecule has 1 aromatic carbocycles. The maximum Gasteiger partial charge on any atom is 0.417 e. The molecule has 144 valence electrons. The molecule has 0 unspecified atom stereocenters. The summed E-state index contributed by atoms with van der Waals surface area (Å²) in [5.74, 6) is -2.68. The van der Waals surface area contributed by atoms with Gasteiger partial charge < -0.3 is 15.0 Å². The number of benzene rings is 1. The number of pyridine rings is 1. The summed E-state index contributed by atoms with van der Waals surface area (Å²) in [4.78, 5) is 34.8. The molecule has 0 saturated heterocycles. The van der Waals surface area contributed by atoms with Crippen molar-refractivity contribution in [3.8, 4) is 0 Å². The zero-order valence-corrected chi connectivity index (χ0v) is 13.7. The second-order valence-corrected chi connectivity index (χ2v) is 5.65. The minimum atomic E-state index is -4.69. The van der Waals surface area contributed by atoms with E-state index in [1.807, 2.05) is 0 Å². The Kier molecular flexibility index (Phi) is 5.98. The van der Waals surface area contributed by atoms with Crippen molar-refractivity contribution in [3.05, 3.63) is 69.9 Å². The van der Waals surface area contributed by atoms with Crippen LogP contribution in [-0.4, -0.2) is 21.6 Å². The van der Waals surface area contributed by atoms with Gasteiger partial charge in [0.25, 0.3) is 5.56 Å². The molecule has 6 nitrogen and oxygen atoms in total. The molecule has 2 N–H and O–H groups in total. The number of rotatable bonds is 6. The Hall–Kier alpha value is -3.17. The van der Waals surface area contributed by atoms with Gasteiger partial charge in [-0.05, 0) is 23.8 Å². The minimum Gasteiger partial charge on any atom is -0.481 e. The smallest absolute Gasteiger partial charge is 0.417 e. The molecular weight excluding hydrogens is 372 g/mol. The lowest BCUT2D eigenvalue weighted by Gasteiger charge is -2.18. The Morgan fingerprint density at radius 3 is 2.30 bits per heavy atom. The molecule has 2 aromatic rings. The molecule has 0 radical (unpaired) electrons. The van der Waals surface area contributed by atoms with Crippen molar-refractivity contribution in [3.63, 3.8) is 0 Å². The Labute approximate surface area is 150 Å². The van der Waals surface area contributed by atoms with E-state index in [2.05, 4.69) is 5.32 Å². The van der Waals surface area contributed by atoms with Gasteiger partial charge in [0.05, 0.1) is 18.0 Å². The molecule has 0 fully saturated rings. The SMILES string of the molecule is O=C(O)C[C@@H](NC(=O)Cn1cc(C(F)(F)F)ccc1=O)c1ccc(F)cc1. The highest BCUT2D eigenvalue weighted by molar-refractivity contribution is 5.77. The first-order valence-electron chi connectivity index (χ1n) is 7.60. The van der Waals surface area contributed by atoms with E-state index in [1.54, 1.807) is 0 Å². The number of amides is 1. The molecule has 0 saturated carbocycles. The molecule has 0 aliphatic heterocycles. The van der Waals surface area contributed by atoms with Crippen LogP contribution in [0.15, 0.2) is 47.4 Å². The summed E-state index contributed by atoms with van der Waals surface area (Å²) in [5, 5.41) is 11.3. The highest BCUT2D eigenvalue weighted by atomic mass is 19.4. The fourth-order valence-corrected chi connectivity index (χ4v) is 2.34. The minimum absolute atomic E-state index is 0.295. The van der Waals surface area contributed by atoms with E-state index in [4.69, 9.17) is 5.11 Å². The number of carboxylic acids is 1. The van der Waals surface area contributed by atoms with Gasteiger partial charge in [0.2, 0.25) is 5.91 Å². The van der Waals surface area contributed by atoms with E-state index in [1.165, 1.54) is 12.1 Å². The van der Waals surface area contributed by atoms with Crippen molar-refractivity contribution in [1.82, 2.24) is 9.88 Å². The lowest BCUT2D eigenvalue weighted by molar-refractivity contribution is -0.139. The largest absolute Gasteiger partial charge is 0.481 e. The van der Waals surface area contributed by atoms with E-state index in [-0.39, 0.29) is 0 Å². The highest BCUT2D eigenvalue weighted by Gasteiger charge is 2.31. The Morgan fingerprint density at radius 1 is 1.11 bits per heavy atom. The molecule has 1 amide bonds. The zero-order chi connectivity index (χ0) is 20.2. The topological polar surface area (TPSA) is 88.4 Å². The third kappa shape index (κ3) is 5.66. The zero-order valence-electron chi connectivity index (χ0n) is 13.7. The number of aromatic nitrogens is 1. The number of carboxylic acid groups (broad SMARTS) is 1. The maximum atomic E-state index is 13.0. The number of carbonyl (C=O) groups excluding carboxylic acids is 1. The number of hydrogen-bond acceptors (Lipinski definition) is 3. The molecule has 10 heteroatoms. The number of aliphatic carboxylic acids is 1. The van der Waals surface area contributed by atoms with Gasteiger partial charge in [-0.3, -0.25) is 14.4 Å². The Morgan fingerprint density at radius 2 is 1.74 bits per heavy atom. The Bertz CT molecular complexity index is 891. The molecule has 0 aliphatic carbocycles. The lowest BCUT2D eigenvalue weighted by atomic mass is 10.0. The summed E-state index contributed by atoms with van der Waals surface area (Å²) in [5.41, 5.74) is -1.63. The third-order valence-electron chi connectivity index (χ3n) is 3.61. The first-order chi connectivity index (χ1) is 12.6. The van der Waals surface area contributed by atoms with Gasteiger partial charge in [-0.1, -0.05) is 12.1 Å². The van der Waals surface area contributed by atoms with E-state index in [0.29, 0.717) is 28.5 Å². The van der Waals surface area contributed by atoms with Crippen molar-refractivity contribution in [2.45, 2.75) is 25.2 Å². The van der Waals surface area contributed by atoms with Crippen LogP contribution in [0, 0.1) is 5.82 Å². The van der Waals surface area contributed by atoms with Gasteiger partial charge in [-0.2, -0.15) is 13.2 Å². The first kappa shape index (κ1) is 20.1. The van der Waals surface area contributed by atoms with Crippen LogP contribution >= 0.6 is 0 Å². The van der Waals surface area contributed by atoms with Gasteiger partial charge in [0.15, 0.2) is 0 Å². The van der Waals surface area contributed by atoms with Crippen LogP contribution in [0.2, 0.25) is 0 Å². The molecule has 0 aliphatic rings. The van der Waals surface area contributed by atoms with Crippen molar-refractivity contribution < 1.29 is 32.3 Å². The number of hydrogen-bond donors (Lipinski definition) is 2. The van der Waals surface area contributed by atoms with Crippen molar-refractivity contribution >= 4 is 11.9 Å². The average Bonchev–Trinajstić information content (AvgIpc) is 2.55. The van der Waals surface area contributed by atoms with Crippen LogP contribution in [0.5, 0.6) is 0 Å². The van der Waals surface area contributed by atoms with Gasteiger partial charge in [0, 0.05) is 12.3 Å². The summed E-state index contributed by atoms with van der Waals surface area (Å²) in [6, 6.07) is 4.95. The van der Waals surface area contributed by atoms with Crippen LogP contribution in [0.25, 0.3) is 0 Å².